The Morgan fingerprint density at radius 2 is 2.20 bits per heavy atom. The molecule has 0 saturated heterocycles. The lowest BCUT2D eigenvalue weighted by Crippen LogP contribution is -2.11. The van der Waals surface area contributed by atoms with Crippen molar-refractivity contribution in [3.63, 3.8) is 0 Å². The maximum Gasteiger partial charge on any atom is 0.452 e. The first-order valence-corrected chi connectivity index (χ1v) is 6.34. The lowest BCUT2D eigenvalue weighted by molar-refractivity contribution is -0.144. The first-order chi connectivity index (χ1) is 6.89. The summed E-state index contributed by atoms with van der Waals surface area (Å²) in [6, 6.07) is 0. The Kier molecular flexibility index (Phi) is 4.03. The molecule has 0 aliphatic rings. The summed E-state index contributed by atoms with van der Waals surface area (Å²) in [4.78, 5) is 3.25. The van der Waals surface area contributed by atoms with Gasteiger partial charge in [-0.05, 0) is 0 Å². The zero-order chi connectivity index (χ0) is 11.5. The molecule has 1 heterocycles. The fourth-order valence-corrected chi connectivity index (χ4v) is 1.71. The summed E-state index contributed by atoms with van der Waals surface area (Å²) < 4.78 is 50.0. The van der Waals surface area contributed by atoms with Crippen LogP contribution in [0.2, 0.25) is 0 Å². The van der Waals surface area contributed by atoms with Crippen molar-refractivity contribution in [3.8, 4) is 0 Å². The number of hydrogen-bond acceptors (Lipinski definition) is 5. The van der Waals surface area contributed by atoms with Crippen molar-refractivity contribution in [1.29, 1.82) is 0 Å². The third-order valence-corrected chi connectivity index (χ3v) is 2.80. The molecule has 0 radical (unpaired) electrons. The van der Waals surface area contributed by atoms with Crippen molar-refractivity contribution in [2.24, 2.45) is 0 Å². The molecule has 15 heavy (non-hydrogen) atoms. The topological polar surface area (TPSA) is 54.9 Å². The van der Waals surface area contributed by atoms with E-state index in [4.69, 9.17) is 0 Å². The number of anilines is 1. The third kappa shape index (κ3) is 4.12. The van der Waals surface area contributed by atoms with E-state index in [0.29, 0.717) is 23.8 Å². The van der Waals surface area contributed by atoms with Gasteiger partial charge in [-0.15, -0.1) is 0 Å². The molecule has 1 unspecified atom stereocenters. The van der Waals surface area contributed by atoms with Crippen LogP contribution in [0.3, 0.4) is 0 Å². The second kappa shape index (κ2) is 4.88. The molecule has 1 atom stereocenters. The van der Waals surface area contributed by atoms with Crippen molar-refractivity contribution in [1.82, 2.24) is 9.36 Å². The molecule has 0 amide bonds. The first-order valence-electron chi connectivity index (χ1n) is 3.84. The molecule has 0 aliphatic heterocycles. The molecule has 0 saturated carbocycles. The Labute approximate surface area is 90.5 Å². The average Bonchev–Trinajstić information content (AvgIpc) is 2.51. The van der Waals surface area contributed by atoms with Gasteiger partial charge in [-0.3, -0.25) is 4.21 Å². The number of halogens is 3. The smallest absolute Gasteiger partial charge is 0.359 e. The summed E-state index contributed by atoms with van der Waals surface area (Å²) >= 11 is 0.637. The predicted molar refractivity (Wildman–Crippen MR) is 52.3 cm³/mol. The van der Waals surface area contributed by atoms with E-state index in [1.165, 1.54) is 6.26 Å². The lowest BCUT2D eigenvalue weighted by atomic mass is 10.6. The van der Waals surface area contributed by atoms with Gasteiger partial charge in [0.1, 0.15) is 0 Å². The highest BCUT2D eigenvalue weighted by atomic mass is 32.2. The summed E-state index contributed by atoms with van der Waals surface area (Å²) in [5.41, 5.74) is 0. The molecule has 1 aromatic heterocycles. The van der Waals surface area contributed by atoms with E-state index in [2.05, 4.69) is 14.7 Å². The molecule has 0 spiro atoms. The predicted octanol–water partition coefficient (Wildman–Crippen LogP) is 1.35. The van der Waals surface area contributed by atoms with Gasteiger partial charge in [0.2, 0.25) is 11.0 Å². The molecule has 0 aliphatic carbocycles. The maximum absolute atomic E-state index is 12.1. The van der Waals surface area contributed by atoms with Crippen molar-refractivity contribution in [2.45, 2.75) is 6.18 Å². The number of alkyl halides is 3. The molecule has 9 heteroatoms. The fraction of sp³-hybridized carbons (Fsp3) is 0.667. The molecule has 1 N–H and O–H groups in total. The minimum absolute atomic E-state index is 0.0905. The number of rotatable bonds is 4. The van der Waals surface area contributed by atoms with E-state index in [1.807, 2.05) is 0 Å². The summed E-state index contributed by atoms with van der Waals surface area (Å²) in [5, 5.41) is 2.71. The van der Waals surface area contributed by atoms with Gasteiger partial charge < -0.3 is 5.32 Å². The summed E-state index contributed by atoms with van der Waals surface area (Å²) in [5.74, 6) is -0.784. The second-order valence-electron chi connectivity index (χ2n) is 2.62. The number of nitrogens with one attached hydrogen (secondary N) is 1. The summed E-state index contributed by atoms with van der Waals surface area (Å²) in [6.07, 6.45) is -2.99. The third-order valence-electron chi connectivity index (χ3n) is 1.35. The van der Waals surface area contributed by atoms with Gasteiger partial charge in [0.15, 0.2) is 0 Å². The van der Waals surface area contributed by atoms with Crippen LogP contribution in [0.25, 0.3) is 0 Å². The molecule has 1 aromatic rings. The molecular weight excluding hydrogens is 251 g/mol. The Morgan fingerprint density at radius 3 is 2.67 bits per heavy atom. The van der Waals surface area contributed by atoms with Crippen LogP contribution >= 0.6 is 11.5 Å². The van der Waals surface area contributed by atoms with Gasteiger partial charge in [-0.2, -0.15) is 22.5 Å². The summed E-state index contributed by atoms with van der Waals surface area (Å²) in [7, 11) is -0.978. The molecule has 86 valence electrons. The van der Waals surface area contributed by atoms with E-state index in [-0.39, 0.29) is 5.13 Å². The Hall–Kier alpha value is -0.700. The molecule has 0 aromatic carbocycles. The van der Waals surface area contributed by atoms with Crippen LogP contribution in [0, 0.1) is 0 Å². The van der Waals surface area contributed by atoms with E-state index >= 15 is 0 Å². The Morgan fingerprint density at radius 1 is 1.53 bits per heavy atom. The monoisotopic (exact) mass is 259 g/mol. The van der Waals surface area contributed by atoms with Crippen molar-refractivity contribution < 1.29 is 17.4 Å². The Bertz CT molecular complexity index is 352. The number of hydrogen-bond donors (Lipinski definition) is 1. The Balaban J connectivity index is 2.50. The SMILES string of the molecule is CS(=O)CCNc1nc(C(F)(F)F)ns1. The molecule has 1 rings (SSSR count). The molecule has 0 bridgehead atoms. The van der Waals surface area contributed by atoms with E-state index in [1.54, 1.807) is 0 Å². The van der Waals surface area contributed by atoms with Crippen LogP contribution in [0.5, 0.6) is 0 Å². The second-order valence-corrected chi connectivity index (χ2v) is 4.93. The molecule has 4 nitrogen and oxygen atoms in total. The first kappa shape index (κ1) is 12.4. The molecular formula is C6H8F3N3OS2. The largest absolute Gasteiger partial charge is 0.452 e. The van der Waals surface area contributed by atoms with E-state index in [0.717, 1.165) is 0 Å². The number of aromatic nitrogens is 2. The van der Waals surface area contributed by atoms with Crippen LogP contribution in [0.1, 0.15) is 5.82 Å². The van der Waals surface area contributed by atoms with Crippen molar-refractivity contribution >= 4 is 27.5 Å². The van der Waals surface area contributed by atoms with Crippen LogP contribution in [-0.2, 0) is 17.0 Å². The van der Waals surface area contributed by atoms with Crippen molar-refractivity contribution in [2.75, 3.05) is 23.9 Å². The van der Waals surface area contributed by atoms with Gasteiger partial charge in [-0.1, -0.05) is 0 Å². The molecule has 0 fully saturated rings. The zero-order valence-corrected chi connectivity index (χ0v) is 9.30. The standard InChI is InChI=1S/C6H8F3N3OS2/c1-15(13)3-2-10-5-11-4(12-14-5)6(7,8)9/h2-3H2,1H3,(H,10,11,12). The van der Waals surface area contributed by atoms with Gasteiger partial charge in [0, 0.05) is 40.9 Å². The lowest BCUT2D eigenvalue weighted by Gasteiger charge is -1.99. The van der Waals surface area contributed by atoms with Crippen LogP contribution in [-0.4, -0.2) is 32.1 Å². The fourth-order valence-electron chi connectivity index (χ4n) is 0.712. The zero-order valence-electron chi connectivity index (χ0n) is 7.67. The van der Waals surface area contributed by atoms with Gasteiger partial charge in [-0.25, -0.2) is 0 Å². The normalized spacial score (nSPS) is 13.9. The average molecular weight is 259 g/mol. The van der Waals surface area contributed by atoms with Crippen LogP contribution < -0.4 is 5.32 Å². The highest BCUT2D eigenvalue weighted by molar-refractivity contribution is 7.84. The highest BCUT2D eigenvalue weighted by Crippen LogP contribution is 2.28. The quantitative estimate of drug-likeness (QED) is 0.886. The number of nitrogens with zero attached hydrogens (tertiary/aromatic N) is 2. The minimum Gasteiger partial charge on any atom is -0.359 e. The van der Waals surface area contributed by atoms with E-state index in [9.17, 15) is 17.4 Å². The van der Waals surface area contributed by atoms with E-state index < -0.39 is 22.8 Å². The maximum atomic E-state index is 12.1. The van der Waals surface area contributed by atoms with Gasteiger partial charge >= 0.3 is 6.18 Å². The van der Waals surface area contributed by atoms with Crippen LogP contribution in [0.4, 0.5) is 18.3 Å². The summed E-state index contributed by atoms with van der Waals surface area (Å²) in [6.45, 7) is 0.315. The van der Waals surface area contributed by atoms with Gasteiger partial charge in [0.05, 0.1) is 0 Å². The van der Waals surface area contributed by atoms with Crippen LogP contribution in [0.15, 0.2) is 0 Å². The van der Waals surface area contributed by atoms with Gasteiger partial charge in [0.25, 0.3) is 0 Å². The highest BCUT2D eigenvalue weighted by Gasteiger charge is 2.36. The minimum atomic E-state index is -4.51. The van der Waals surface area contributed by atoms with Crippen molar-refractivity contribution in [3.05, 3.63) is 5.82 Å².